The van der Waals surface area contributed by atoms with Gasteiger partial charge in [-0.1, -0.05) is 0 Å². The van der Waals surface area contributed by atoms with Gasteiger partial charge in [-0.2, -0.15) is 10.2 Å². The van der Waals surface area contributed by atoms with Crippen LogP contribution in [0.25, 0.3) is 33.9 Å². The van der Waals surface area contributed by atoms with Crippen molar-refractivity contribution in [1.82, 2.24) is 29.5 Å². The van der Waals surface area contributed by atoms with Gasteiger partial charge in [0.25, 0.3) is 5.91 Å². The molecule has 0 aliphatic rings. The number of nitrogens with two attached hydrogens (primary N) is 2. The van der Waals surface area contributed by atoms with Crippen molar-refractivity contribution in [3.63, 3.8) is 0 Å². The Morgan fingerprint density at radius 2 is 2.06 bits per heavy atom. The number of aromatic nitrogens is 6. The number of aromatic hydroxyl groups is 1. The maximum absolute atomic E-state index is 11.8. The molecule has 0 aromatic carbocycles. The highest BCUT2D eigenvalue weighted by Crippen LogP contribution is 2.36. The summed E-state index contributed by atoms with van der Waals surface area (Å²) in [5.74, 6) is -0.381. The predicted octanol–water partition coefficient (Wildman–Crippen LogP) is 0.441. The predicted molar refractivity (Wildman–Crippen MR) is 110 cm³/mol. The van der Waals surface area contributed by atoms with Crippen LogP contribution in [0.4, 0.5) is 0 Å². The number of amides is 1. The van der Waals surface area contributed by atoms with Gasteiger partial charge in [-0.15, -0.1) is 0 Å². The van der Waals surface area contributed by atoms with E-state index in [-0.39, 0.29) is 36.2 Å². The Labute approximate surface area is 176 Å². The van der Waals surface area contributed by atoms with Crippen LogP contribution in [0.15, 0.2) is 16.7 Å². The summed E-state index contributed by atoms with van der Waals surface area (Å²) in [5.41, 5.74) is 13.4. The highest BCUT2D eigenvalue weighted by atomic mass is 16.4. The second-order valence-electron chi connectivity index (χ2n) is 7.00. The van der Waals surface area contributed by atoms with E-state index in [0.29, 0.717) is 46.7 Å². The van der Waals surface area contributed by atoms with Crippen LogP contribution in [-0.2, 0) is 20.1 Å². The maximum Gasteiger partial charge on any atom is 0.267 e. The Kier molecular flexibility index (Phi) is 5.17. The van der Waals surface area contributed by atoms with Gasteiger partial charge in [0.2, 0.25) is 5.89 Å². The molecule has 4 aromatic heterocycles. The first-order chi connectivity index (χ1) is 14.8. The minimum absolute atomic E-state index is 0.00289. The molecule has 0 unspecified atom stereocenters. The Balaban J connectivity index is 1.94. The minimum Gasteiger partial charge on any atom is -0.504 e. The fourth-order valence-electron chi connectivity index (χ4n) is 3.39. The lowest BCUT2D eigenvalue weighted by Gasteiger charge is -2.04. The first-order valence-electron chi connectivity index (χ1n) is 9.56. The second kappa shape index (κ2) is 7.81. The molecule has 4 heterocycles. The van der Waals surface area contributed by atoms with Crippen LogP contribution in [0, 0.1) is 6.92 Å². The number of rotatable bonds is 7. The number of carbonyl (C=O) groups excluding carboxylic acids is 1. The number of pyridine rings is 1. The summed E-state index contributed by atoms with van der Waals surface area (Å²) in [7, 11) is 1.73. The molecule has 0 aliphatic heterocycles. The zero-order valence-corrected chi connectivity index (χ0v) is 17.0. The van der Waals surface area contributed by atoms with E-state index in [0.717, 1.165) is 0 Å². The maximum atomic E-state index is 11.8. The fourth-order valence-corrected chi connectivity index (χ4v) is 3.39. The lowest BCUT2D eigenvalue weighted by Crippen LogP contribution is -2.14. The molecule has 0 aliphatic carbocycles. The van der Waals surface area contributed by atoms with Gasteiger partial charge < -0.3 is 26.1 Å². The van der Waals surface area contributed by atoms with Crippen LogP contribution < -0.4 is 11.5 Å². The molecule has 0 fully saturated rings. The number of hydrogen-bond acceptors (Lipinski definition) is 9. The van der Waals surface area contributed by atoms with Crippen molar-refractivity contribution < 1.29 is 19.4 Å². The summed E-state index contributed by atoms with van der Waals surface area (Å²) in [4.78, 5) is 20.7. The van der Waals surface area contributed by atoms with Crippen LogP contribution in [0.1, 0.15) is 28.4 Å². The average Bonchev–Trinajstić information content (AvgIpc) is 3.42. The molecular weight excluding hydrogens is 404 g/mol. The van der Waals surface area contributed by atoms with Crippen molar-refractivity contribution in [3.05, 3.63) is 29.4 Å². The SMILES string of the molecule is Cc1nn(CCCO)c(-c2nc(-c3nc(C(N)=O)cc4c3cnn4C)c(CN)o2)c1O. The number of aryl methyl sites for hydroxylation is 3. The molecule has 4 rings (SSSR count). The molecule has 1 amide bonds. The third kappa shape index (κ3) is 3.41. The Morgan fingerprint density at radius 1 is 1.29 bits per heavy atom. The average molecular weight is 426 g/mol. The van der Waals surface area contributed by atoms with Gasteiger partial charge in [0, 0.05) is 25.6 Å². The van der Waals surface area contributed by atoms with Crippen molar-refractivity contribution in [1.29, 1.82) is 0 Å². The standard InChI is InChI=1S/C19H22N8O4/c1-9-17(29)16(27(25-9)4-3-5-28)19-24-15(13(7-20)31-19)14-10-8-22-26(2)12(10)6-11(23-14)18(21)30/h6,8,28-29H,3-5,7,20H2,1-2H3,(H2,21,30). The van der Waals surface area contributed by atoms with Crippen LogP contribution >= 0.6 is 0 Å². The number of carbonyl (C=O) groups is 1. The smallest absolute Gasteiger partial charge is 0.267 e. The highest BCUT2D eigenvalue weighted by Gasteiger charge is 2.26. The van der Waals surface area contributed by atoms with Crippen molar-refractivity contribution in [2.24, 2.45) is 18.5 Å². The van der Waals surface area contributed by atoms with Crippen molar-refractivity contribution in [2.75, 3.05) is 6.61 Å². The van der Waals surface area contributed by atoms with E-state index in [2.05, 4.69) is 20.2 Å². The molecule has 4 aromatic rings. The molecule has 162 valence electrons. The van der Waals surface area contributed by atoms with Gasteiger partial charge in [-0.05, 0) is 19.4 Å². The zero-order valence-electron chi connectivity index (χ0n) is 17.0. The molecule has 12 nitrogen and oxygen atoms in total. The molecule has 0 saturated heterocycles. The van der Waals surface area contributed by atoms with Gasteiger partial charge in [-0.25, -0.2) is 9.97 Å². The summed E-state index contributed by atoms with van der Waals surface area (Å²) in [6, 6.07) is 1.55. The summed E-state index contributed by atoms with van der Waals surface area (Å²) < 4.78 is 8.98. The first-order valence-corrected chi connectivity index (χ1v) is 9.56. The third-order valence-electron chi connectivity index (χ3n) is 4.93. The van der Waals surface area contributed by atoms with Gasteiger partial charge in [-0.3, -0.25) is 14.2 Å². The lowest BCUT2D eigenvalue weighted by atomic mass is 10.1. The van der Waals surface area contributed by atoms with Gasteiger partial charge in [0.1, 0.15) is 28.5 Å². The summed E-state index contributed by atoms with van der Waals surface area (Å²) in [5, 5.41) is 28.8. The quantitative estimate of drug-likeness (QED) is 0.325. The molecule has 0 atom stereocenters. The molecule has 31 heavy (non-hydrogen) atoms. The normalized spacial score (nSPS) is 11.5. The Bertz CT molecular complexity index is 1290. The summed E-state index contributed by atoms with van der Waals surface area (Å²) >= 11 is 0. The number of hydrogen-bond donors (Lipinski definition) is 4. The zero-order chi connectivity index (χ0) is 22.3. The van der Waals surface area contributed by atoms with Crippen LogP contribution in [0.2, 0.25) is 0 Å². The number of primary amides is 1. The third-order valence-corrected chi connectivity index (χ3v) is 4.93. The molecular formula is C19H22N8O4. The molecule has 12 heteroatoms. The first kappa shape index (κ1) is 20.5. The number of oxazole rings is 1. The largest absolute Gasteiger partial charge is 0.504 e. The number of nitrogens with zero attached hydrogens (tertiary/aromatic N) is 6. The van der Waals surface area contributed by atoms with Crippen LogP contribution in [-0.4, -0.2) is 52.3 Å². The van der Waals surface area contributed by atoms with Crippen molar-refractivity contribution in [3.8, 4) is 28.7 Å². The summed E-state index contributed by atoms with van der Waals surface area (Å²) in [6.45, 7) is 1.97. The van der Waals surface area contributed by atoms with Gasteiger partial charge in [0.05, 0.1) is 18.3 Å². The van der Waals surface area contributed by atoms with Crippen molar-refractivity contribution >= 4 is 16.8 Å². The van der Waals surface area contributed by atoms with E-state index < -0.39 is 5.91 Å². The van der Waals surface area contributed by atoms with Gasteiger partial charge >= 0.3 is 0 Å². The van der Waals surface area contributed by atoms with Crippen molar-refractivity contribution in [2.45, 2.75) is 26.4 Å². The van der Waals surface area contributed by atoms with E-state index in [1.807, 2.05) is 0 Å². The minimum atomic E-state index is -0.697. The van der Waals surface area contributed by atoms with E-state index in [1.165, 1.54) is 4.68 Å². The monoisotopic (exact) mass is 426 g/mol. The molecule has 6 N–H and O–H groups in total. The Morgan fingerprint density at radius 3 is 2.74 bits per heavy atom. The summed E-state index contributed by atoms with van der Waals surface area (Å²) in [6.07, 6.45) is 2.04. The fraction of sp³-hybridized carbons (Fsp3) is 0.316. The van der Waals surface area contributed by atoms with Crippen LogP contribution in [0.3, 0.4) is 0 Å². The van der Waals surface area contributed by atoms with Gasteiger partial charge in [0.15, 0.2) is 11.4 Å². The number of fused-ring (bicyclic) bond motifs is 1. The number of aliphatic hydroxyl groups excluding tert-OH is 1. The topological polar surface area (TPSA) is 184 Å². The van der Waals surface area contributed by atoms with E-state index in [4.69, 9.17) is 21.0 Å². The van der Waals surface area contributed by atoms with Crippen LogP contribution in [0.5, 0.6) is 5.75 Å². The molecule has 0 radical (unpaired) electrons. The molecule has 0 bridgehead atoms. The second-order valence-corrected chi connectivity index (χ2v) is 7.00. The molecule has 0 saturated carbocycles. The Hall–Kier alpha value is -3.77. The van der Waals surface area contributed by atoms with E-state index in [9.17, 15) is 9.90 Å². The highest BCUT2D eigenvalue weighted by molar-refractivity contribution is 5.99. The molecule has 0 spiro atoms. The number of aliphatic hydroxyl groups is 1. The van der Waals surface area contributed by atoms with E-state index >= 15 is 0 Å². The van der Waals surface area contributed by atoms with E-state index in [1.54, 1.807) is 30.9 Å². The lowest BCUT2D eigenvalue weighted by molar-refractivity contribution is 0.0996.